The number of rotatable bonds is 14. The van der Waals surface area contributed by atoms with Gasteiger partial charge in [-0.05, 0) is 48.7 Å². The molecule has 1 aliphatic rings. The van der Waals surface area contributed by atoms with Crippen LogP contribution in [0.25, 0.3) is 0 Å². The van der Waals surface area contributed by atoms with E-state index in [1.807, 2.05) is 91.0 Å². The molecule has 0 radical (unpaired) electrons. The zero-order chi connectivity index (χ0) is 40.6. The Bertz CT molecular complexity index is 1710. The number of alkyl halides is 3. The van der Waals surface area contributed by atoms with E-state index in [0.29, 0.717) is 0 Å². The number of Topliss-reactive ketones (excluding diaryl/α,β-unsaturated/α-hetero) is 1. The van der Waals surface area contributed by atoms with Crippen LogP contribution >= 0.6 is 34.8 Å². The van der Waals surface area contributed by atoms with Crippen molar-refractivity contribution < 1.29 is 42.5 Å². The van der Waals surface area contributed by atoms with Crippen LogP contribution in [0.1, 0.15) is 66.9 Å². The van der Waals surface area contributed by atoms with Crippen molar-refractivity contribution in [3.05, 3.63) is 96.6 Å². The molecule has 0 spiro atoms. The average Bonchev–Trinajstić information content (AvgIpc) is 3.11. The lowest BCUT2D eigenvalue weighted by atomic mass is 9.95. The minimum atomic E-state index is -3.19. The van der Waals surface area contributed by atoms with Crippen molar-refractivity contribution in [2.45, 2.75) is 107 Å². The van der Waals surface area contributed by atoms with Crippen LogP contribution in [0.2, 0.25) is 5.04 Å². The molecule has 298 valence electrons. The van der Waals surface area contributed by atoms with E-state index in [0.717, 1.165) is 15.9 Å². The van der Waals surface area contributed by atoms with E-state index in [-0.39, 0.29) is 31.8 Å². The molecule has 5 atom stereocenters. The number of carbonyl (C=O) groups excluding carboxylic acids is 3. The molecule has 10 nitrogen and oxygen atoms in total. The number of halogens is 3. The molecule has 0 aliphatic carbocycles. The number of hydrogen-bond acceptors (Lipinski definition) is 10. The van der Waals surface area contributed by atoms with Gasteiger partial charge in [0.2, 0.25) is 18.3 Å². The summed E-state index contributed by atoms with van der Waals surface area (Å²) in [4.78, 5) is 38.9. The summed E-state index contributed by atoms with van der Waals surface area (Å²) >= 11 is 18.2. The summed E-state index contributed by atoms with van der Waals surface area (Å²) in [5.41, 5.74) is -0.226. The fraction of sp³-hybridized carbons (Fsp3) is 0.463. The number of carbonyl (C=O) groups is 3. The number of ketones is 1. The Labute approximate surface area is 339 Å². The standard InChI is InChI=1S/C41H50Cl3NO9Si/c1-27(46)23-24-32(47)52-34-33(49-25-28-17-11-8-12-18-28)31(51-36(54-37(45)41(42,43)44)35(34)53-38(48)39(2,3)4)26-50-55(40(5,6)7,29-19-13-9-14-20-29)30-21-15-10-16-22-30/h8-22,31,33-36,45H,23-26H2,1-7H3. The molecule has 0 amide bonds. The zero-order valence-electron chi connectivity index (χ0n) is 32.2. The molecule has 3 aromatic carbocycles. The number of benzene rings is 3. The van der Waals surface area contributed by atoms with Gasteiger partial charge in [-0.2, -0.15) is 0 Å². The van der Waals surface area contributed by atoms with Crippen molar-refractivity contribution in [1.82, 2.24) is 0 Å². The first-order chi connectivity index (χ1) is 25.7. The first kappa shape index (κ1) is 44.4. The second kappa shape index (κ2) is 18.8. The predicted octanol–water partition coefficient (Wildman–Crippen LogP) is 7.48. The molecule has 5 unspecified atom stereocenters. The van der Waals surface area contributed by atoms with Crippen molar-refractivity contribution in [1.29, 1.82) is 5.41 Å². The Kier molecular flexibility index (Phi) is 15.2. The normalized spacial score (nSPS) is 20.7. The molecule has 1 aliphatic heterocycles. The van der Waals surface area contributed by atoms with Gasteiger partial charge in [-0.3, -0.25) is 15.0 Å². The smallest absolute Gasteiger partial charge is 0.311 e. The quantitative estimate of drug-likeness (QED) is 0.0578. The molecular formula is C41H50Cl3NO9Si. The molecule has 4 rings (SSSR count). The van der Waals surface area contributed by atoms with Gasteiger partial charge in [0, 0.05) is 6.42 Å². The van der Waals surface area contributed by atoms with Crippen LogP contribution < -0.4 is 10.4 Å². The van der Waals surface area contributed by atoms with Crippen LogP contribution in [0.3, 0.4) is 0 Å². The summed E-state index contributed by atoms with van der Waals surface area (Å²) in [6.45, 7) is 12.6. The summed E-state index contributed by atoms with van der Waals surface area (Å²) < 4.78 is 36.1. The maximum atomic E-state index is 13.5. The topological polar surface area (TPSA) is 130 Å². The molecule has 0 aromatic heterocycles. The third kappa shape index (κ3) is 11.6. The largest absolute Gasteiger partial charge is 0.455 e. The lowest BCUT2D eigenvalue weighted by molar-refractivity contribution is -0.298. The highest BCUT2D eigenvalue weighted by Crippen LogP contribution is 2.39. The number of nitrogens with one attached hydrogen (secondary N) is 1. The van der Waals surface area contributed by atoms with Crippen LogP contribution in [0.5, 0.6) is 0 Å². The van der Waals surface area contributed by atoms with Crippen molar-refractivity contribution in [3.63, 3.8) is 0 Å². The summed E-state index contributed by atoms with van der Waals surface area (Å²) in [5.74, 6) is -2.49. The van der Waals surface area contributed by atoms with Crippen LogP contribution in [-0.4, -0.2) is 73.0 Å². The summed E-state index contributed by atoms with van der Waals surface area (Å²) in [7, 11) is -3.19. The second-order valence-corrected chi connectivity index (χ2v) is 22.1. The van der Waals surface area contributed by atoms with E-state index in [4.69, 9.17) is 68.3 Å². The molecule has 1 N–H and O–H groups in total. The highest BCUT2D eigenvalue weighted by atomic mass is 35.6. The van der Waals surface area contributed by atoms with E-state index in [1.54, 1.807) is 20.8 Å². The first-order valence-corrected chi connectivity index (χ1v) is 21.1. The third-order valence-electron chi connectivity index (χ3n) is 9.05. The molecule has 1 saturated heterocycles. The van der Waals surface area contributed by atoms with Gasteiger partial charge in [0.1, 0.15) is 18.0 Å². The molecule has 0 saturated carbocycles. The van der Waals surface area contributed by atoms with Crippen molar-refractivity contribution in [2.24, 2.45) is 5.41 Å². The summed E-state index contributed by atoms with van der Waals surface area (Å²) in [6, 6.07) is 29.3. The summed E-state index contributed by atoms with van der Waals surface area (Å²) in [5, 5.41) is 10.0. The number of esters is 2. The highest BCUT2D eigenvalue weighted by Gasteiger charge is 2.56. The first-order valence-electron chi connectivity index (χ1n) is 18.0. The zero-order valence-corrected chi connectivity index (χ0v) is 35.5. The fourth-order valence-electron chi connectivity index (χ4n) is 6.28. The van der Waals surface area contributed by atoms with E-state index >= 15 is 0 Å². The van der Waals surface area contributed by atoms with Gasteiger partial charge >= 0.3 is 11.9 Å². The predicted molar refractivity (Wildman–Crippen MR) is 215 cm³/mol. The fourth-order valence-corrected chi connectivity index (χ4v) is 11.0. The van der Waals surface area contributed by atoms with Crippen molar-refractivity contribution in [3.8, 4) is 0 Å². The van der Waals surface area contributed by atoms with Gasteiger partial charge in [0.05, 0.1) is 25.0 Å². The maximum absolute atomic E-state index is 13.5. The van der Waals surface area contributed by atoms with Crippen LogP contribution in [0.15, 0.2) is 91.0 Å². The van der Waals surface area contributed by atoms with Gasteiger partial charge in [-0.25, -0.2) is 0 Å². The van der Waals surface area contributed by atoms with E-state index in [1.165, 1.54) is 6.92 Å². The van der Waals surface area contributed by atoms with E-state index in [9.17, 15) is 14.4 Å². The summed E-state index contributed by atoms with van der Waals surface area (Å²) in [6.07, 6.45) is -7.11. The van der Waals surface area contributed by atoms with Gasteiger partial charge in [0.15, 0.2) is 6.10 Å². The number of hydrogen-bond donors (Lipinski definition) is 1. The molecule has 1 fully saturated rings. The van der Waals surface area contributed by atoms with Crippen LogP contribution in [-0.2, 0) is 49.1 Å². The minimum absolute atomic E-state index is 0.0432. The third-order valence-corrected chi connectivity index (χ3v) is 14.6. The van der Waals surface area contributed by atoms with E-state index < -0.39 is 71.1 Å². The lowest BCUT2D eigenvalue weighted by Gasteiger charge is -2.48. The Morgan fingerprint density at radius 3 is 1.73 bits per heavy atom. The van der Waals surface area contributed by atoms with Crippen molar-refractivity contribution in [2.75, 3.05) is 6.61 Å². The lowest BCUT2D eigenvalue weighted by Crippen LogP contribution is -2.69. The Morgan fingerprint density at radius 2 is 1.25 bits per heavy atom. The SMILES string of the molecule is CC(=O)CCC(=O)OC1C(OCc2ccccc2)C(CO[Si](c2ccccc2)(c2ccccc2)C(C)(C)C)OC(OC(=N)C(Cl)(Cl)Cl)C1OC(=O)C(C)(C)C. The number of ether oxygens (including phenoxy) is 5. The van der Waals surface area contributed by atoms with Gasteiger partial charge in [0.25, 0.3) is 12.1 Å². The average molecular weight is 835 g/mol. The van der Waals surface area contributed by atoms with Crippen LogP contribution in [0, 0.1) is 10.8 Å². The van der Waals surface area contributed by atoms with Crippen molar-refractivity contribution >= 4 is 77.1 Å². The maximum Gasteiger partial charge on any atom is 0.311 e. The van der Waals surface area contributed by atoms with Crippen LogP contribution in [0.4, 0.5) is 0 Å². The molecule has 3 aromatic rings. The highest BCUT2D eigenvalue weighted by molar-refractivity contribution is 6.99. The Balaban J connectivity index is 1.89. The monoisotopic (exact) mass is 833 g/mol. The van der Waals surface area contributed by atoms with E-state index in [2.05, 4.69) is 20.8 Å². The molecular weight excluding hydrogens is 785 g/mol. The van der Waals surface area contributed by atoms with Gasteiger partial charge in [-0.15, -0.1) is 0 Å². The second-order valence-electron chi connectivity index (χ2n) is 15.5. The molecule has 0 bridgehead atoms. The Morgan fingerprint density at radius 1 is 0.727 bits per heavy atom. The Hall–Kier alpha value is -3.29. The molecule has 55 heavy (non-hydrogen) atoms. The minimum Gasteiger partial charge on any atom is -0.455 e. The molecule has 1 heterocycles. The molecule has 14 heteroatoms. The van der Waals surface area contributed by atoms with Gasteiger partial charge < -0.3 is 32.9 Å². The van der Waals surface area contributed by atoms with Gasteiger partial charge in [-0.1, -0.05) is 147 Å².